The monoisotopic (exact) mass is 282 g/mol. The Morgan fingerprint density at radius 3 is 3.05 bits per heavy atom. The van der Waals surface area contributed by atoms with E-state index >= 15 is 0 Å². The molecule has 1 fully saturated rings. The lowest BCUT2D eigenvalue weighted by Gasteiger charge is -2.22. The third kappa shape index (κ3) is 2.72. The van der Waals surface area contributed by atoms with Gasteiger partial charge in [0.05, 0.1) is 13.2 Å². The molecule has 3 rings (SSSR count). The van der Waals surface area contributed by atoms with Gasteiger partial charge >= 0.3 is 0 Å². The van der Waals surface area contributed by atoms with E-state index < -0.39 is 0 Å². The Bertz CT molecular complexity index is 461. The molecule has 0 aliphatic carbocycles. The first-order valence-corrected chi connectivity index (χ1v) is 7.13. The smallest absolute Gasteiger partial charge is 0.125 e. The fourth-order valence-electron chi connectivity index (χ4n) is 2.97. The van der Waals surface area contributed by atoms with Crippen molar-refractivity contribution in [3.8, 4) is 5.75 Å². The van der Waals surface area contributed by atoms with Crippen LogP contribution in [0.5, 0.6) is 5.75 Å². The molecule has 4 nitrogen and oxygen atoms in total. The minimum absolute atomic E-state index is 0.203. The van der Waals surface area contributed by atoms with Crippen molar-refractivity contribution in [1.29, 1.82) is 0 Å². The third-order valence-corrected chi connectivity index (χ3v) is 4.23. The molecule has 19 heavy (non-hydrogen) atoms. The topological polar surface area (TPSA) is 56.5 Å². The number of ether oxygens (including phenoxy) is 2. The number of fused-ring (bicyclic) bond motifs is 1. The fraction of sp³-hybridized carbons (Fsp3) is 0.571. The first-order chi connectivity index (χ1) is 9.28. The van der Waals surface area contributed by atoms with Crippen molar-refractivity contribution in [3.05, 3.63) is 28.3 Å². The van der Waals surface area contributed by atoms with Gasteiger partial charge in [0.2, 0.25) is 0 Å². The van der Waals surface area contributed by atoms with Gasteiger partial charge in [0.1, 0.15) is 5.75 Å². The molecule has 1 saturated heterocycles. The molecule has 2 aliphatic rings. The number of nitrogens with one attached hydrogen (secondary N) is 1. The highest BCUT2D eigenvalue weighted by Gasteiger charge is 2.27. The van der Waals surface area contributed by atoms with Gasteiger partial charge in [-0.05, 0) is 36.1 Å². The zero-order chi connectivity index (χ0) is 13.2. The summed E-state index contributed by atoms with van der Waals surface area (Å²) in [6.45, 7) is 2.35. The summed E-state index contributed by atoms with van der Waals surface area (Å²) < 4.78 is 11.2. The highest BCUT2D eigenvalue weighted by molar-refractivity contribution is 6.30. The second-order valence-corrected chi connectivity index (χ2v) is 5.69. The van der Waals surface area contributed by atoms with Crippen LogP contribution in [-0.2, 0) is 17.6 Å². The normalized spacial score (nSPS) is 23.2. The SMILES string of the molecule is NNC(Cc1cc(Cl)cc2c1OCC2)C1CCOC1. The maximum Gasteiger partial charge on any atom is 0.125 e. The van der Waals surface area contributed by atoms with Crippen LogP contribution in [0.3, 0.4) is 0 Å². The van der Waals surface area contributed by atoms with Crippen LogP contribution in [0.15, 0.2) is 12.1 Å². The second kappa shape index (κ2) is 5.67. The van der Waals surface area contributed by atoms with E-state index in [0.717, 1.165) is 55.4 Å². The molecule has 1 aromatic carbocycles. The summed E-state index contributed by atoms with van der Waals surface area (Å²) in [5.74, 6) is 7.17. The lowest BCUT2D eigenvalue weighted by molar-refractivity contribution is 0.176. The molecule has 2 aliphatic heterocycles. The van der Waals surface area contributed by atoms with E-state index in [-0.39, 0.29) is 6.04 Å². The number of benzene rings is 1. The molecular weight excluding hydrogens is 264 g/mol. The first kappa shape index (κ1) is 13.2. The Kier molecular flexibility index (Phi) is 3.93. The number of rotatable bonds is 4. The van der Waals surface area contributed by atoms with E-state index in [9.17, 15) is 0 Å². The average molecular weight is 283 g/mol. The van der Waals surface area contributed by atoms with Gasteiger partial charge in [-0.15, -0.1) is 0 Å². The number of nitrogens with two attached hydrogens (primary N) is 1. The predicted molar refractivity (Wildman–Crippen MR) is 74.4 cm³/mol. The van der Waals surface area contributed by atoms with Crippen molar-refractivity contribution in [2.45, 2.75) is 25.3 Å². The van der Waals surface area contributed by atoms with Crippen LogP contribution in [0.25, 0.3) is 0 Å². The highest BCUT2D eigenvalue weighted by Crippen LogP contribution is 2.34. The van der Waals surface area contributed by atoms with Crippen LogP contribution in [0.4, 0.5) is 0 Å². The summed E-state index contributed by atoms with van der Waals surface area (Å²) in [5.41, 5.74) is 5.28. The molecule has 1 aromatic rings. The maximum atomic E-state index is 6.18. The van der Waals surface area contributed by atoms with Crippen LogP contribution in [0.1, 0.15) is 17.5 Å². The summed E-state index contributed by atoms with van der Waals surface area (Å²) in [6, 6.07) is 4.19. The van der Waals surface area contributed by atoms with E-state index in [4.69, 9.17) is 26.9 Å². The van der Waals surface area contributed by atoms with Gasteiger partial charge in [-0.3, -0.25) is 11.3 Å². The van der Waals surface area contributed by atoms with E-state index in [1.807, 2.05) is 12.1 Å². The van der Waals surface area contributed by atoms with Gasteiger partial charge in [0.25, 0.3) is 0 Å². The van der Waals surface area contributed by atoms with Crippen LogP contribution < -0.4 is 16.0 Å². The molecule has 2 atom stereocenters. The summed E-state index contributed by atoms with van der Waals surface area (Å²) in [4.78, 5) is 0. The van der Waals surface area contributed by atoms with Crippen LogP contribution in [0.2, 0.25) is 5.02 Å². The summed E-state index contributed by atoms with van der Waals surface area (Å²) in [5, 5.41) is 0.776. The van der Waals surface area contributed by atoms with Crippen LogP contribution in [0, 0.1) is 5.92 Å². The van der Waals surface area contributed by atoms with Gasteiger partial charge in [0.15, 0.2) is 0 Å². The molecule has 2 heterocycles. The van der Waals surface area contributed by atoms with E-state index in [1.54, 1.807) is 0 Å². The van der Waals surface area contributed by atoms with E-state index in [1.165, 1.54) is 5.56 Å². The Morgan fingerprint density at radius 2 is 2.32 bits per heavy atom. The second-order valence-electron chi connectivity index (χ2n) is 5.25. The number of hydrogen-bond acceptors (Lipinski definition) is 4. The lowest BCUT2D eigenvalue weighted by Crippen LogP contribution is -2.42. The molecular formula is C14H19ClN2O2. The number of hydrogen-bond donors (Lipinski definition) is 2. The van der Waals surface area contributed by atoms with Crippen LogP contribution >= 0.6 is 11.6 Å². The Hall–Kier alpha value is -0.810. The minimum Gasteiger partial charge on any atom is -0.493 e. The van der Waals surface area contributed by atoms with Crippen molar-refractivity contribution in [1.82, 2.24) is 5.43 Å². The van der Waals surface area contributed by atoms with E-state index in [0.29, 0.717) is 5.92 Å². The summed E-state index contributed by atoms with van der Waals surface area (Å²) in [6.07, 6.45) is 2.82. The average Bonchev–Trinajstić information content (AvgIpc) is 3.05. The first-order valence-electron chi connectivity index (χ1n) is 6.76. The third-order valence-electron chi connectivity index (χ3n) is 4.01. The maximum absolute atomic E-state index is 6.18. The number of halogens is 1. The Labute approximate surface area is 118 Å². The fourth-order valence-corrected chi connectivity index (χ4v) is 3.23. The minimum atomic E-state index is 0.203. The standard InChI is InChI=1S/C14H19ClN2O2/c15-12-5-9-2-4-19-14(9)11(6-12)7-13(17-16)10-1-3-18-8-10/h5-6,10,13,17H,1-4,7-8,16H2. The summed E-state index contributed by atoms with van der Waals surface area (Å²) in [7, 11) is 0. The molecule has 5 heteroatoms. The van der Waals surface area contributed by atoms with Crippen molar-refractivity contribution >= 4 is 11.6 Å². The van der Waals surface area contributed by atoms with Gasteiger partial charge in [-0.25, -0.2) is 0 Å². The molecule has 3 N–H and O–H groups in total. The van der Waals surface area contributed by atoms with Gasteiger partial charge < -0.3 is 9.47 Å². The molecule has 0 bridgehead atoms. The van der Waals surface area contributed by atoms with Crippen LogP contribution in [-0.4, -0.2) is 25.9 Å². The largest absolute Gasteiger partial charge is 0.493 e. The lowest BCUT2D eigenvalue weighted by atomic mass is 9.92. The molecule has 0 saturated carbocycles. The molecule has 104 valence electrons. The molecule has 0 spiro atoms. The zero-order valence-corrected chi connectivity index (χ0v) is 11.6. The zero-order valence-electron chi connectivity index (χ0n) is 10.8. The predicted octanol–water partition coefficient (Wildman–Crippen LogP) is 1.69. The molecule has 0 radical (unpaired) electrons. The quantitative estimate of drug-likeness (QED) is 0.652. The van der Waals surface area contributed by atoms with Crippen molar-refractivity contribution < 1.29 is 9.47 Å². The molecule has 0 amide bonds. The molecule has 2 unspecified atom stereocenters. The van der Waals surface area contributed by atoms with Gasteiger partial charge in [-0.1, -0.05) is 11.6 Å². The Balaban J connectivity index is 1.81. The molecule has 0 aromatic heterocycles. The van der Waals surface area contributed by atoms with Gasteiger partial charge in [-0.2, -0.15) is 0 Å². The van der Waals surface area contributed by atoms with E-state index in [2.05, 4.69) is 5.43 Å². The van der Waals surface area contributed by atoms with Gasteiger partial charge in [0, 0.05) is 30.0 Å². The summed E-state index contributed by atoms with van der Waals surface area (Å²) >= 11 is 6.18. The Morgan fingerprint density at radius 1 is 1.42 bits per heavy atom. The van der Waals surface area contributed by atoms with Crippen molar-refractivity contribution in [2.75, 3.05) is 19.8 Å². The van der Waals surface area contributed by atoms with Crippen molar-refractivity contribution in [2.24, 2.45) is 11.8 Å². The van der Waals surface area contributed by atoms with Crippen molar-refractivity contribution in [3.63, 3.8) is 0 Å². The number of hydrazine groups is 1. The highest BCUT2D eigenvalue weighted by atomic mass is 35.5.